The summed E-state index contributed by atoms with van der Waals surface area (Å²) >= 11 is 0. The van der Waals surface area contributed by atoms with E-state index < -0.39 is 102 Å². The zero-order chi connectivity index (χ0) is 47.2. The molecule has 4 fully saturated rings. The van der Waals surface area contributed by atoms with Gasteiger partial charge in [0.25, 0.3) is 0 Å². The molecule has 0 aromatic carbocycles. The molecule has 0 bridgehead atoms. The average molecular weight is 901 g/mol. The maximum absolute atomic E-state index is 14.7. The van der Waals surface area contributed by atoms with Crippen LogP contribution in [-0.2, 0) is 61.7 Å². The van der Waals surface area contributed by atoms with Crippen molar-refractivity contribution < 1.29 is 71.6 Å². The molecule has 18 atom stereocenters. The Morgan fingerprint density at radius 3 is 2.27 bits per heavy atom. The summed E-state index contributed by atoms with van der Waals surface area (Å²) in [6.45, 7) is 25.1. The lowest BCUT2D eigenvalue weighted by Crippen LogP contribution is -2.61. The predicted octanol–water partition coefficient (Wildman–Crippen LogP) is 4.88. The third-order valence-corrected chi connectivity index (χ3v) is 13.7. The quantitative estimate of drug-likeness (QED) is 0.108. The van der Waals surface area contributed by atoms with Gasteiger partial charge in [-0.15, -0.1) is 6.58 Å². The lowest BCUT2D eigenvalue weighted by molar-refractivity contribution is -0.321. The number of carbonyl (C=O) groups is 3. The first-order valence-corrected chi connectivity index (χ1v) is 22.8. The number of nitrogens with zero attached hydrogens (tertiary/aromatic N) is 2. The Morgan fingerprint density at radius 1 is 0.984 bits per heavy atom. The number of cyclic esters (lactones) is 1. The first kappa shape index (κ1) is 53.2. The summed E-state index contributed by atoms with van der Waals surface area (Å²) in [7, 11) is 7.34. The highest BCUT2D eigenvalue weighted by molar-refractivity contribution is 5.73. The van der Waals surface area contributed by atoms with E-state index in [0.29, 0.717) is 39.2 Å². The van der Waals surface area contributed by atoms with E-state index in [1.54, 1.807) is 34.0 Å². The zero-order valence-electron chi connectivity index (χ0n) is 40.7. The van der Waals surface area contributed by atoms with Crippen molar-refractivity contribution in [3.8, 4) is 0 Å². The molecule has 63 heavy (non-hydrogen) atoms. The van der Waals surface area contributed by atoms with Gasteiger partial charge in [0.15, 0.2) is 30.4 Å². The fraction of sp³-hybridized carbons (Fsp3) is 0.891. The minimum atomic E-state index is -1.59. The third-order valence-electron chi connectivity index (χ3n) is 13.7. The molecule has 0 aromatic rings. The lowest BCUT2D eigenvalue weighted by atomic mass is 9.77. The van der Waals surface area contributed by atoms with Crippen molar-refractivity contribution in [1.29, 1.82) is 0 Å². The van der Waals surface area contributed by atoms with Crippen LogP contribution in [0.25, 0.3) is 0 Å². The second kappa shape index (κ2) is 22.4. The number of esters is 2. The van der Waals surface area contributed by atoms with Gasteiger partial charge in [-0.05, 0) is 94.8 Å². The van der Waals surface area contributed by atoms with E-state index in [0.717, 1.165) is 0 Å². The van der Waals surface area contributed by atoms with Crippen molar-refractivity contribution in [2.75, 3.05) is 54.6 Å². The van der Waals surface area contributed by atoms with E-state index in [9.17, 15) is 19.5 Å². The smallest absolute Gasteiger partial charge is 0.458 e. The molecule has 4 rings (SSSR count). The van der Waals surface area contributed by atoms with Crippen molar-refractivity contribution in [3.63, 3.8) is 0 Å². The van der Waals surface area contributed by atoms with Gasteiger partial charge in [0.1, 0.15) is 12.2 Å². The van der Waals surface area contributed by atoms with Crippen molar-refractivity contribution in [2.45, 2.75) is 192 Å². The number of ether oxygens (including phenoxy) is 11. The highest BCUT2D eigenvalue weighted by Crippen LogP contribution is 2.42. The second-order valence-electron chi connectivity index (χ2n) is 19.4. The van der Waals surface area contributed by atoms with Gasteiger partial charge >= 0.3 is 18.1 Å². The Bertz CT molecular complexity index is 1520. The highest BCUT2D eigenvalue weighted by Gasteiger charge is 2.58. The molecule has 364 valence electrons. The van der Waals surface area contributed by atoms with Crippen LogP contribution in [0.15, 0.2) is 12.7 Å². The fourth-order valence-electron chi connectivity index (χ4n) is 10.3. The van der Waals surface area contributed by atoms with Gasteiger partial charge in [0, 0.05) is 39.0 Å². The molecule has 0 saturated carbocycles. The normalized spacial score (nSPS) is 43.5. The molecule has 0 aromatic heterocycles. The summed E-state index contributed by atoms with van der Waals surface area (Å²) < 4.78 is 68.9. The summed E-state index contributed by atoms with van der Waals surface area (Å²) in [5, 5.41) is 12.9. The number of aliphatic hydroxyl groups is 1. The molecule has 0 radical (unpaired) electrons. The summed E-state index contributed by atoms with van der Waals surface area (Å²) in [4.78, 5) is 44.2. The molecule has 0 amide bonds. The van der Waals surface area contributed by atoms with Crippen LogP contribution in [0.1, 0.15) is 102 Å². The first-order valence-electron chi connectivity index (χ1n) is 22.8. The first-order chi connectivity index (χ1) is 29.4. The summed E-state index contributed by atoms with van der Waals surface area (Å²) in [6, 6.07) is -0.639. The van der Waals surface area contributed by atoms with E-state index in [2.05, 4.69) is 11.5 Å². The number of carbonyl (C=O) groups excluding carboxylic acids is 3. The van der Waals surface area contributed by atoms with Crippen LogP contribution in [0.5, 0.6) is 0 Å². The van der Waals surface area contributed by atoms with E-state index in [-0.39, 0.29) is 36.9 Å². The molecule has 0 spiro atoms. The summed E-state index contributed by atoms with van der Waals surface area (Å²) in [5.41, 5.74) is -3.81. The second-order valence-corrected chi connectivity index (χ2v) is 19.4. The number of fused-ring (bicyclic) bond motifs is 1. The molecule has 17 nitrogen and oxygen atoms in total. The van der Waals surface area contributed by atoms with Gasteiger partial charge in [-0.3, -0.25) is 14.5 Å². The minimum Gasteiger partial charge on any atom is -0.458 e. The number of rotatable bonds is 14. The maximum atomic E-state index is 14.7. The lowest BCUT2D eigenvalue weighted by Gasteiger charge is -2.49. The van der Waals surface area contributed by atoms with Gasteiger partial charge in [0.2, 0.25) is 0 Å². The summed E-state index contributed by atoms with van der Waals surface area (Å²) in [5.74, 6) is -3.05. The minimum absolute atomic E-state index is 0.147. The van der Waals surface area contributed by atoms with E-state index >= 15 is 0 Å². The van der Waals surface area contributed by atoms with Gasteiger partial charge in [0.05, 0.1) is 67.4 Å². The predicted molar refractivity (Wildman–Crippen MR) is 232 cm³/mol. The molecule has 0 aliphatic carbocycles. The zero-order valence-corrected chi connectivity index (χ0v) is 40.7. The maximum Gasteiger partial charge on any atom is 0.509 e. The van der Waals surface area contributed by atoms with Gasteiger partial charge in [-0.2, -0.15) is 0 Å². The van der Waals surface area contributed by atoms with Crippen molar-refractivity contribution >= 4 is 18.1 Å². The van der Waals surface area contributed by atoms with Crippen LogP contribution in [0.3, 0.4) is 0 Å². The van der Waals surface area contributed by atoms with Crippen LogP contribution < -0.4 is 0 Å². The van der Waals surface area contributed by atoms with Crippen LogP contribution in [0.4, 0.5) is 4.79 Å². The Balaban J connectivity index is 1.83. The third kappa shape index (κ3) is 12.7. The highest BCUT2D eigenvalue weighted by atomic mass is 16.8. The van der Waals surface area contributed by atoms with Gasteiger partial charge in [-0.1, -0.05) is 26.8 Å². The van der Waals surface area contributed by atoms with Gasteiger partial charge in [-0.25, -0.2) is 4.79 Å². The fourth-order valence-corrected chi connectivity index (χ4v) is 10.3. The molecule has 17 heteroatoms. The van der Waals surface area contributed by atoms with Crippen molar-refractivity contribution in [3.05, 3.63) is 12.7 Å². The standard InChI is InChI=1S/C46H80N2O15/c1-17-19-54-20-21-55-40-31(8)57-35(24-45(40,11)53-16)60-36-28(5)38(61-42-37(58-32(9)49)33(47(13)14)22-27(4)56-42)44(10,52)23-26(3)25-48(15)30(7)39-46(12,63-43(51)62-39)34(18-2)59-41(50)29(36)6/h17,26-31,33-40,42,52H,1,18-25H2,2-16H3/t26-,27-,28+,29-,30-,31+,33+,34-,35+,36+,37-,38-,39-,40+,42+,44-,45-,46-/m1/s1. The number of hydrogen-bond acceptors (Lipinski definition) is 17. The Morgan fingerprint density at radius 2 is 1.67 bits per heavy atom. The summed E-state index contributed by atoms with van der Waals surface area (Å²) in [6.07, 6.45) is -5.80. The van der Waals surface area contributed by atoms with Crippen LogP contribution in [-0.4, -0.2) is 178 Å². The number of likely N-dealkylation sites (N-methyl/N-ethyl adjacent to an activating group) is 2. The Hall–Kier alpha value is -2.45. The van der Waals surface area contributed by atoms with E-state index in [4.69, 9.17) is 52.1 Å². The van der Waals surface area contributed by atoms with Crippen molar-refractivity contribution in [2.24, 2.45) is 17.8 Å². The average Bonchev–Trinajstić information content (AvgIpc) is 3.51. The van der Waals surface area contributed by atoms with Crippen LogP contribution in [0.2, 0.25) is 0 Å². The van der Waals surface area contributed by atoms with E-state index in [1.165, 1.54) is 6.92 Å². The SMILES string of the molecule is C=CCOCCO[C@H]1[C@H](C)O[C@@H](O[C@H]2[C@H](C)[C@@H](O[C@@H]3O[C@H](C)C[C@H](N(C)C)[C@H]3OC(C)=O)[C@](C)(O)C[C@@H](C)CN(C)[C@H](C)[C@H]3OC(=O)O[C@]3(C)[C@@H](CC)OC(=O)[C@@H]2C)C[C@@]1(C)OC. The molecule has 4 heterocycles. The van der Waals surface area contributed by atoms with Crippen molar-refractivity contribution in [1.82, 2.24) is 9.80 Å². The van der Waals surface area contributed by atoms with Crippen LogP contribution in [0, 0.1) is 17.8 Å². The molecule has 4 aliphatic heterocycles. The van der Waals surface area contributed by atoms with Crippen LogP contribution >= 0.6 is 0 Å². The van der Waals surface area contributed by atoms with Gasteiger partial charge < -0.3 is 62.1 Å². The number of hydrogen-bond donors (Lipinski definition) is 1. The number of methoxy groups -OCH3 is 1. The monoisotopic (exact) mass is 901 g/mol. The largest absolute Gasteiger partial charge is 0.509 e. The molecule has 0 unspecified atom stereocenters. The van der Waals surface area contributed by atoms with E-state index in [1.807, 2.05) is 74.5 Å². The molecule has 4 saturated heterocycles. The molecular weight excluding hydrogens is 821 g/mol. The topological polar surface area (TPSA) is 179 Å². The molecule has 1 N–H and O–H groups in total. The Kier molecular flexibility index (Phi) is 18.9. The molecule has 4 aliphatic rings. The molecular formula is C46H80N2O15. The Labute approximate surface area is 375 Å².